The van der Waals surface area contributed by atoms with Gasteiger partial charge >= 0.3 is 0 Å². The molecule has 0 atom stereocenters. The fraction of sp³-hybridized carbons (Fsp3) is 0.0233. The molecular weight excluding hydrogens is 589 g/mol. The maximum absolute atomic E-state index is 6.57. The molecule has 0 amide bonds. The van der Waals surface area contributed by atoms with E-state index in [1.54, 1.807) is 0 Å². The highest BCUT2D eigenvalue weighted by atomic mass is 16.3. The number of pyridine rings is 1. The molecule has 0 aliphatic heterocycles. The monoisotopic (exact) mass is 616 g/mol. The molecule has 9 aromatic rings. The van der Waals surface area contributed by atoms with Gasteiger partial charge in [0.05, 0.1) is 11.1 Å². The summed E-state index contributed by atoms with van der Waals surface area (Å²) in [5.74, 6) is 1.77. The van der Waals surface area contributed by atoms with Gasteiger partial charge in [0, 0.05) is 33.5 Å². The van der Waals surface area contributed by atoms with Crippen LogP contribution in [0.2, 0.25) is 0 Å². The van der Waals surface area contributed by atoms with E-state index in [-0.39, 0.29) is 0 Å². The number of aromatic nitrogens is 4. The van der Waals surface area contributed by atoms with Crippen LogP contribution < -0.4 is 0 Å². The topological polar surface area (TPSA) is 64.7 Å². The van der Waals surface area contributed by atoms with Gasteiger partial charge in [0.1, 0.15) is 11.2 Å². The van der Waals surface area contributed by atoms with Crippen molar-refractivity contribution in [1.82, 2.24) is 19.9 Å². The van der Waals surface area contributed by atoms with Gasteiger partial charge in [0.2, 0.25) is 0 Å². The van der Waals surface area contributed by atoms with Gasteiger partial charge in [-0.2, -0.15) is 0 Å². The Morgan fingerprint density at radius 1 is 0.438 bits per heavy atom. The third-order valence-corrected chi connectivity index (χ3v) is 8.82. The van der Waals surface area contributed by atoms with Crippen LogP contribution in [0.5, 0.6) is 0 Å². The van der Waals surface area contributed by atoms with Crippen LogP contribution in [-0.2, 0) is 0 Å². The molecule has 0 spiro atoms. The summed E-state index contributed by atoms with van der Waals surface area (Å²) in [5.41, 5.74) is 10.8. The van der Waals surface area contributed by atoms with Crippen LogP contribution in [0.4, 0.5) is 0 Å². The predicted octanol–water partition coefficient (Wildman–Crippen LogP) is 11.0. The summed E-state index contributed by atoms with van der Waals surface area (Å²) in [6.45, 7) is 2.12. The van der Waals surface area contributed by atoms with Crippen molar-refractivity contribution in [2.75, 3.05) is 0 Å². The summed E-state index contributed by atoms with van der Waals surface area (Å²) >= 11 is 0. The summed E-state index contributed by atoms with van der Waals surface area (Å²) in [4.78, 5) is 19.7. The molecule has 3 aromatic heterocycles. The Bertz CT molecular complexity index is 2570. The zero-order valence-electron chi connectivity index (χ0n) is 26.1. The molecule has 0 bridgehead atoms. The molecule has 226 valence electrons. The quantitative estimate of drug-likeness (QED) is 0.192. The Morgan fingerprint density at radius 3 is 1.88 bits per heavy atom. The van der Waals surface area contributed by atoms with Gasteiger partial charge in [-0.1, -0.05) is 109 Å². The van der Waals surface area contributed by atoms with Gasteiger partial charge in [-0.05, 0) is 71.6 Å². The van der Waals surface area contributed by atoms with E-state index in [2.05, 4.69) is 78.6 Å². The lowest BCUT2D eigenvalue weighted by molar-refractivity contribution is 0.669. The number of rotatable bonds is 5. The molecule has 3 heterocycles. The zero-order valence-corrected chi connectivity index (χ0v) is 26.1. The van der Waals surface area contributed by atoms with E-state index in [1.807, 2.05) is 85.1 Å². The maximum Gasteiger partial charge on any atom is 0.167 e. The highest BCUT2D eigenvalue weighted by molar-refractivity contribution is 6.11. The average molecular weight is 617 g/mol. The molecule has 48 heavy (non-hydrogen) atoms. The second-order valence-electron chi connectivity index (χ2n) is 12.0. The normalized spacial score (nSPS) is 11.4. The second-order valence-corrected chi connectivity index (χ2v) is 12.0. The van der Waals surface area contributed by atoms with Crippen LogP contribution in [-0.4, -0.2) is 19.9 Å². The molecule has 0 saturated carbocycles. The lowest BCUT2D eigenvalue weighted by atomic mass is 9.94. The van der Waals surface area contributed by atoms with Crippen molar-refractivity contribution in [2.24, 2.45) is 0 Å². The van der Waals surface area contributed by atoms with Crippen molar-refractivity contribution in [2.45, 2.75) is 6.92 Å². The first kappa shape index (κ1) is 27.8. The van der Waals surface area contributed by atoms with Crippen molar-refractivity contribution >= 4 is 32.8 Å². The number of aryl methyl sites for hydroxylation is 1. The summed E-state index contributed by atoms with van der Waals surface area (Å²) in [7, 11) is 0. The van der Waals surface area contributed by atoms with E-state index in [4.69, 9.17) is 19.4 Å². The Kier molecular flexibility index (Phi) is 6.61. The minimum atomic E-state index is 0.556. The highest BCUT2D eigenvalue weighted by Crippen LogP contribution is 2.40. The van der Waals surface area contributed by atoms with Crippen molar-refractivity contribution in [3.8, 4) is 56.4 Å². The van der Waals surface area contributed by atoms with Crippen LogP contribution in [0.15, 0.2) is 156 Å². The minimum absolute atomic E-state index is 0.556. The molecule has 0 fully saturated rings. The van der Waals surface area contributed by atoms with Crippen LogP contribution in [0, 0.1) is 6.92 Å². The molecule has 0 radical (unpaired) electrons. The Morgan fingerprint density at radius 2 is 1.10 bits per heavy atom. The third kappa shape index (κ3) is 4.89. The largest absolute Gasteiger partial charge is 0.455 e. The Balaban J connectivity index is 1.29. The van der Waals surface area contributed by atoms with Gasteiger partial charge in [0.25, 0.3) is 0 Å². The fourth-order valence-electron chi connectivity index (χ4n) is 6.47. The summed E-state index contributed by atoms with van der Waals surface area (Å²) in [6, 6.07) is 49.8. The number of para-hydroxylation sites is 1. The van der Waals surface area contributed by atoms with Gasteiger partial charge in [-0.25, -0.2) is 15.0 Å². The van der Waals surface area contributed by atoms with Crippen molar-refractivity contribution in [1.29, 1.82) is 0 Å². The number of hydrogen-bond acceptors (Lipinski definition) is 5. The summed E-state index contributed by atoms with van der Waals surface area (Å²) in [5, 5.41) is 3.19. The van der Waals surface area contributed by atoms with E-state index in [9.17, 15) is 0 Å². The van der Waals surface area contributed by atoms with E-state index in [0.717, 1.165) is 71.8 Å². The Hall–Kier alpha value is -6.46. The number of nitrogens with zero attached hydrogens (tertiary/aromatic N) is 4. The van der Waals surface area contributed by atoms with Gasteiger partial charge in [-0.15, -0.1) is 0 Å². The first-order chi connectivity index (χ1) is 23.7. The smallest absolute Gasteiger partial charge is 0.167 e. The van der Waals surface area contributed by atoms with E-state index in [0.29, 0.717) is 17.5 Å². The van der Waals surface area contributed by atoms with Crippen molar-refractivity contribution in [3.05, 3.63) is 157 Å². The lowest BCUT2D eigenvalue weighted by Crippen LogP contribution is -2.00. The molecule has 0 saturated heterocycles. The lowest BCUT2D eigenvalue weighted by Gasteiger charge is -2.12. The van der Waals surface area contributed by atoms with Gasteiger partial charge < -0.3 is 4.42 Å². The summed E-state index contributed by atoms with van der Waals surface area (Å²) in [6.07, 6.45) is 1.89. The minimum Gasteiger partial charge on any atom is -0.455 e. The zero-order chi connectivity index (χ0) is 32.0. The maximum atomic E-state index is 6.57. The van der Waals surface area contributed by atoms with Gasteiger partial charge in [-0.3, -0.25) is 4.98 Å². The van der Waals surface area contributed by atoms with Crippen LogP contribution in [0.25, 0.3) is 89.3 Å². The van der Waals surface area contributed by atoms with E-state index in [1.165, 1.54) is 5.56 Å². The first-order valence-corrected chi connectivity index (χ1v) is 16.0. The summed E-state index contributed by atoms with van der Waals surface area (Å²) < 4.78 is 6.57. The molecule has 0 aliphatic carbocycles. The number of benzene rings is 6. The van der Waals surface area contributed by atoms with E-state index < -0.39 is 0 Å². The molecule has 6 aromatic carbocycles. The molecule has 9 rings (SSSR count). The van der Waals surface area contributed by atoms with Gasteiger partial charge in [0.15, 0.2) is 17.5 Å². The molecule has 5 nitrogen and oxygen atoms in total. The number of fused-ring (bicyclic) bond motifs is 4. The van der Waals surface area contributed by atoms with Crippen LogP contribution in [0.3, 0.4) is 0 Å². The van der Waals surface area contributed by atoms with Crippen LogP contribution >= 0.6 is 0 Å². The number of hydrogen-bond donors (Lipinski definition) is 0. The van der Waals surface area contributed by atoms with E-state index >= 15 is 0 Å². The molecule has 0 aliphatic rings. The average Bonchev–Trinajstić information content (AvgIpc) is 3.53. The number of furan rings is 1. The molecule has 0 N–H and O–H groups in total. The first-order valence-electron chi connectivity index (χ1n) is 16.0. The predicted molar refractivity (Wildman–Crippen MR) is 194 cm³/mol. The second kappa shape index (κ2) is 11.4. The Labute approximate surface area is 277 Å². The van der Waals surface area contributed by atoms with Crippen molar-refractivity contribution < 1.29 is 4.42 Å². The molecular formula is C43H28N4O. The molecule has 0 unspecified atom stereocenters. The molecule has 5 heteroatoms. The SMILES string of the molecule is Cc1ccc2nccc(-c3cccc(-c4cc(-c5nc(-c6ccccc6)nc(-c6ccccc6)n5)c5oc6ccccc6c5c4)c3)c2c1. The third-order valence-electron chi connectivity index (χ3n) is 8.82. The fourth-order valence-corrected chi connectivity index (χ4v) is 6.47. The van der Waals surface area contributed by atoms with Crippen molar-refractivity contribution in [3.63, 3.8) is 0 Å². The highest BCUT2D eigenvalue weighted by Gasteiger charge is 2.20. The standard InChI is InChI=1S/C43H28N4O/c1-27-19-20-38-35(23-27)33(21-22-44-38)31-16-10-15-30(24-31)32-25-36-34-17-8-9-18-39(34)48-40(36)37(26-32)43-46-41(28-11-4-2-5-12-28)45-42(47-43)29-13-6-3-7-14-29/h2-26H,1H3. The van der Waals surface area contributed by atoms with Crippen LogP contribution in [0.1, 0.15) is 5.56 Å².